The van der Waals surface area contributed by atoms with Crippen molar-refractivity contribution < 1.29 is 18.7 Å². The zero-order chi connectivity index (χ0) is 4.50. The molecule has 0 heterocycles. The van der Waals surface area contributed by atoms with Crippen LogP contribution in [0.4, 0.5) is 17.3 Å². The lowest BCUT2D eigenvalue weighted by Crippen LogP contribution is -2.02. The summed E-state index contributed by atoms with van der Waals surface area (Å²) in [4.78, 5) is 0. The molecule has 0 aliphatic rings. The van der Waals surface area contributed by atoms with E-state index in [1.807, 2.05) is 0 Å². The van der Waals surface area contributed by atoms with Crippen molar-refractivity contribution in [3.8, 4) is 0 Å². The second-order valence-electron chi connectivity index (χ2n) is 0.495. The number of hydrogen-bond acceptors (Lipinski definition) is 0. The van der Waals surface area contributed by atoms with Gasteiger partial charge in [-0.2, -0.15) is 0 Å². The minimum atomic E-state index is -6.00. The van der Waals surface area contributed by atoms with Gasteiger partial charge in [0.1, 0.15) is 0 Å². The molecule has 6 heavy (non-hydrogen) atoms. The fraction of sp³-hybridized carbons (Fsp3) is 0. The Morgan fingerprint density at radius 2 is 1.00 bits per heavy atom. The number of rotatable bonds is 0. The topological polar surface area (TPSA) is 0 Å². The quantitative estimate of drug-likeness (QED) is 0.259. The van der Waals surface area contributed by atoms with E-state index in [-0.39, 0.29) is 11.3 Å². The van der Waals surface area contributed by atoms with E-state index in [2.05, 4.69) is 0 Å². The van der Waals surface area contributed by atoms with Gasteiger partial charge in [0.2, 0.25) is 0 Å². The standard InChI is InChI=1S/BF4.H3P.H2/c2-1(3,4)5;;/h;1H3;1H/q-1;;/p+1. The molecule has 0 aromatic carbocycles. The van der Waals surface area contributed by atoms with Gasteiger partial charge >= 0.3 is 7.25 Å². The molecule has 42 valence electrons. The van der Waals surface area contributed by atoms with Crippen LogP contribution < -0.4 is 0 Å². The van der Waals surface area contributed by atoms with Gasteiger partial charge in [-0.3, -0.25) is 0 Å². The molecule has 0 bridgehead atoms. The molecule has 0 amide bonds. The van der Waals surface area contributed by atoms with Gasteiger partial charge in [0, 0.05) is 1.43 Å². The van der Waals surface area contributed by atoms with Crippen LogP contribution in [0.2, 0.25) is 0 Å². The highest BCUT2D eigenvalue weighted by Gasteiger charge is 2.20. The zero-order valence-electron chi connectivity index (χ0n) is 3.09. The molecule has 0 aliphatic heterocycles. The summed E-state index contributed by atoms with van der Waals surface area (Å²) in [6.07, 6.45) is 0. The Bertz CT molecular complexity index is 27.2. The maximum atomic E-state index is 9.75. The Morgan fingerprint density at radius 1 is 1.00 bits per heavy atom. The summed E-state index contributed by atoms with van der Waals surface area (Å²) < 4.78 is 39.0. The van der Waals surface area contributed by atoms with Crippen LogP contribution in [0.3, 0.4) is 0 Å². The molecule has 0 saturated carbocycles. The summed E-state index contributed by atoms with van der Waals surface area (Å²) in [5.74, 6) is 0. The molecule has 6 heteroatoms. The lowest BCUT2D eigenvalue weighted by atomic mass is 10.3. The molecule has 0 N–H and O–H groups in total. The smallest absolute Gasteiger partial charge is 0.418 e. The number of halogens is 4. The predicted octanol–water partition coefficient (Wildman–Crippen LogP) is 1.34. The SMILES string of the molecule is F[B-](F)(F)F.[HH].[PH4+]. The van der Waals surface area contributed by atoms with E-state index in [9.17, 15) is 17.3 Å². The van der Waals surface area contributed by atoms with Crippen molar-refractivity contribution in [3.63, 3.8) is 0 Å². The summed E-state index contributed by atoms with van der Waals surface area (Å²) >= 11 is 0. The third-order valence-electron chi connectivity index (χ3n) is 0. The fourth-order valence-electron chi connectivity index (χ4n) is 0. The number of hydrogen-bond donors (Lipinski definition) is 0. The van der Waals surface area contributed by atoms with Crippen molar-refractivity contribution in [2.45, 2.75) is 0 Å². The molecule has 0 radical (unpaired) electrons. The largest absolute Gasteiger partial charge is 0.673 e. The van der Waals surface area contributed by atoms with Crippen LogP contribution in [0, 0.1) is 0 Å². The van der Waals surface area contributed by atoms with Crippen LogP contribution in [0.1, 0.15) is 1.43 Å². The summed E-state index contributed by atoms with van der Waals surface area (Å²) in [6, 6.07) is 0. The Labute approximate surface area is 37.1 Å². The van der Waals surface area contributed by atoms with E-state index in [0.717, 1.165) is 0 Å². The van der Waals surface area contributed by atoms with E-state index in [4.69, 9.17) is 0 Å². The Balaban J connectivity index is -0.0000000800. The van der Waals surface area contributed by atoms with Gasteiger partial charge in [0.15, 0.2) is 0 Å². The maximum absolute atomic E-state index is 9.75. The monoisotopic (exact) mass is 124 g/mol. The van der Waals surface area contributed by atoms with Gasteiger partial charge in [-0.05, 0) is 9.90 Å². The summed E-state index contributed by atoms with van der Waals surface area (Å²) in [5.41, 5.74) is 0. The van der Waals surface area contributed by atoms with Crippen LogP contribution in [0.5, 0.6) is 0 Å². The Morgan fingerprint density at radius 3 is 1.00 bits per heavy atom. The van der Waals surface area contributed by atoms with Crippen LogP contribution in [0.25, 0.3) is 0 Å². The van der Waals surface area contributed by atoms with Crippen molar-refractivity contribution in [2.24, 2.45) is 0 Å². The van der Waals surface area contributed by atoms with E-state index in [1.54, 1.807) is 0 Å². The van der Waals surface area contributed by atoms with E-state index >= 15 is 0 Å². The van der Waals surface area contributed by atoms with Gasteiger partial charge < -0.3 is 17.3 Å². The Hall–Kier alpha value is 0.215. The van der Waals surface area contributed by atoms with Crippen molar-refractivity contribution in [3.05, 3.63) is 0 Å². The zero-order valence-corrected chi connectivity index (χ0v) is 5.09. The van der Waals surface area contributed by atoms with E-state index < -0.39 is 7.25 Å². The molecule has 0 aliphatic carbocycles. The molecule has 1 atom stereocenters. The molecular formula is H6BF4P. The van der Waals surface area contributed by atoms with Crippen molar-refractivity contribution in [1.29, 1.82) is 0 Å². The molecular weight excluding hydrogens is 118 g/mol. The molecule has 0 fully saturated rings. The summed E-state index contributed by atoms with van der Waals surface area (Å²) in [5, 5.41) is 0. The van der Waals surface area contributed by atoms with Gasteiger partial charge in [0.25, 0.3) is 0 Å². The highest BCUT2D eigenvalue weighted by molar-refractivity contribution is 6.92. The van der Waals surface area contributed by atoms with Crippen LogP contribution in [-0.4, -0.2) is 7.25 Å². The van der Waals surface area contributed by atoms with Crippen molar-refractivity contribution in [2.75, 3.05) is 0 Å². The first kappa shape index (κ1) is 9.51. The average Bonchev–Trinajstić information content (AvgIpc) is 0.722. The minimum Gasteiger partial charge on any atom is -0.418 e. The van der Waals surface area contributed by atoms with Gasteiger partial charge in [0.05, 0.1) is 0 Å². The molecule has 0 nitrogen and oxygen atoms in total. The first-order valence-electron chi connectivity index (χ1n) is 0.873. The van der Waals surface area contributed by atoms with Gasteiger partial charge in [-0.25, -0.2) is 0 Å². The molecule has 0 aromatic heterocycles. The fourth-order valence-corrected chi connectivity index (χ4v) is 0. The molecule has 1 unspecified atom stereocenters. The van der Waals surface area contributed by atoms with Crippen molar-refractivity contribution in [1.82, 2.24) is 0 Å². The van der Waals surface area contributed by atoms with E-state index in [0.29, 0.717) is 0 Å². The molecule has 0 spiro atoms. The first-order chi connectivity index (χ1) is 2.00. The lowest BCUT2D eigenvalue weighted by molar-refractivity contribution is 0.368. The summed E-state index contributed by atoms with van der Waals surface area (Å²) in [6.45, 7) is 0. The van der Waals surface area contributed by atoms with Crippen LogP contribution >= 0.6 is 9.90 Å². The van der Waals surface area contributed by atoms with Gasteiger partial charge in [-0.1, -0.05) is 0 Å². The normalized spacial score (nSPS) is 10.0. The molecule has 0 rings (SSSR count). The Kier molecular flexibility index (Phi) is 3.80. The van der Waals surface area contributed by atoms with Crippen LogP contribution in [-0.2, 0) is 0 Å². The van der Waals surface area contributed by atoms with Crippen LogP contribution in [0.15, 0.2) is 0 Å². The first-order valence-corrected chi connectivity index (χ1v) is 0.873. The third kappa shape index (κ3) is 943. The summed E-state index contributed by atoms with van der Waals surface area (Å²) in [7, 11) is -6.00. The maximum Gasteiger partial charge on any atom is 0.673 e. The average molecular weight is 124 g/mol. The minimum absolute atomic E-state index is 0. The van der Waals surface area contributed by atoms with E-state index in [1.165, 1.54) is 0 Å². The third-order valence-corrected chi connectivity index (χ3v) is 0. The molecule has 0 saturated heterocycles. The lowest BCUT2D eigenvalue weighted by Gasteiger charge is -1.94. The predicted molar refractivity (Wildman–Crippen MR) is 24.8 cm³/mol. The van der Waals surface area contributed by atoms with Gasteiger partial charge in [-0.15, -0.1) is 0 Å². The highest BCUT2D eigenvalue weighted by atomic mass is 31.0. The highest BCUT2D eigenvalue weighted by Crippen LogP contribution is 2.06. The second kappa shape index (κ2) is 2.40. The molecule has 0 aromatic rings. The van der Waals surface area contributed by atoms with Crippen molar-refractivity contribution >= 4 is 17.2 Å². The second-order valence-corrected chi connectivity index (χ2v) is 0.495.